The molecular formula is C34H33FN4O5. The number of aromatic nitrogens is 2. The van der Waals surface area contributed by atoms with E-state index in [1.54, 1.807) is 48.2 Å². The van der Waals surface area contributed by atoms with Crippen molar-refractivity contribution in [3.05, 3.63) is 107 Å². The number of piperidine rings is 1. The largest absolute Gasteiger partial charge is 0.481 e. The number of likely N-dealkylation sites (tertiary alicyclic amines) is 1. The Morgan fingerprint density at radius 2 is 1.77 bits per heavy atom. The first kappa shape index (κ1) is 29.2. The van der Waals surface area contributed by atoms with Crippen molar-refractivity contribution in [3.63, 3.8) is 0 Å². The molecular weight excluding hydrogens is 563 g/mol. The summed E-state index contributed by atoms with van der Waals surface area (Å²) in [7, 11) is 0. The van der Waals surface area contributed by atoms with E-state index in [0.717, 1.165) is 12.8 Å². The van der Waals surface area contributed by atoms with Gasteiger partial charge in [0.25, 0.3) is 11.8 Å². The van der Waals surface area contributed by atoms with Crippen LogP contribution in [0.4, 0.5) is 4.39 Å². The number of primary amides is 1. The van der Waals surface area contributed by atoms with Gasteiger partial charge < -0.3 is 20.3 Å². The van der Waals surface area contributed by atoms with Gasteiger partial charge in [0, 0.05) is 35.2 Å². The van der Waals surface area contributed by atoms with Crippen LogP contribution in [0, 0.1) is 18.7 Å². The topological polar surface area (TPSA) is 140 Å². The number of rotatable bonds is 9. The lowest BCUT2D eigenvalue weighted by Crippen LogP contribution is -2.56. The van der Waals surface area contributed by atoms with Crippen LogP contribution in [0.5, 0.6) is 0 Å². The molecule has 2 fully saturated rings. The zero-order chi connectivity index (χ0) is 31.0. The van der Waals surface area contributed by atoms with E-state index < -0.39 is 29.2 Å². The second kappa shape index (κ2) is 11.7. The smallest absolute Gasteiger partial charge is 0.314 e. The second-order valence-corrected chi connectivity index (χ2v) is 11.9. The predicted octanol–water partition coefficient (Wildman–Crippen LogP) is 5.49. The summed E-state index contributed by atoms with van der Waals surface area (Å²) in [6.45, 7) is 1.87. The van der Waals surface area contributed by atoms with Crippen molar-refractivity contribution in [2.75, 3.05) is 6.54 Å². The van der Waals surface area contributed by atoms with Crippen LogP contribution in [0.15, 0.2) is 77.3 Å². The van der Waals surface area contributed by atoms with Crippen molar-refractivity contribution in [2.45, 2.75) is 56.4 Å². The van der Waals surface area contributed by atoms with Gasteiger partial charge in [0.15, 0.2) is 5.82 Å². The lowest BCUT2D eigenvalue weighted by molar-refractivity contribution is -0.146. The fraction of sp³-hybridized carbons (Fsp3) is 0.324. The van der Waals surface area contributed by atoms with Gasteiger partial charge >= 0.3 is 5.97 Å². The molecule has 1 aromatic heterocycles. The van der Waals surface area contributed by atoms with E-state index in [1.807, 2.05) is 12.1 Å². The molecule has 0 spiro atoms. The van der Waals surface area contributed by atoms with Crippen molar-refractivity contribution >= 4 is 17.8 Å². The van der Waals surface area contributed by atoms with Crippen molar-refractivity contribution in [2.24, 2.45) is 11.7 Å². The molecule has 0 bridgehead atoms. The van der Waals surface area contributed by atoms with Crippen LogP contribution in [0.3, 0.4) is 0 Å². The summed E-state index contributed by atoms with van der Waals surface area (Å²) in [5, 5.41) is 14.5. The first-order chi connectivity index (χ1) is 21.2. The molecule has 9 nitrogen and oxygen atoms in total. The SMILES string of the molecule is Cc1noc(-c2ccc(C(=O)N3CCC(C(=O)O)(c4ccc(F)cc4)CC3C(CC3CC3)c3ccccc3C(N)=O)cc2)n1. The Balaban J connectivity index is 1.43. The molecule has 2 amide bonds. The van der Waals surface area contributed by atoms with Crippen LogP contribution < -0.4 is 5.73 Å². The predicted molar refractivity (Wildman–Crippen MR) is 159 cm³/mol. The lowest BCUT2D eigenvalue weighted by atomic mass is 9.66. The molecule has 4 aromatic rings. The highest BCUT2D eigenvalue weighted by Gasteiger charge is 2.51. The van der Waals surface area contributed by atoms with E-state index in [0.29, 0.717) is 51.9 Å². The van der Waals surface area contributed by atoms with Crippen LogP contribution in [-0.2, 0) is 10.2 Å². The van der Waals surface area contributed by atoms with Gasteiger partial charge in [-0.2, -0.15) is 4.98 Å². The van der Waals surface area contributed by atoms with Gasteiger partial charge in [-0.1, -0.05) is 48.3 Å². The third-order valence-electron chi connectivity index (χ3n) is 9.09. The monoisotopic (exact) mass is 596 g/mol. The normalized spacial score (nSPS) is 20.7. The molecule has 1 saturated carbocycles. The number of carbonyl (C=O) groups is 3. The molecule has 10 heteroatoms. The Labute approximate surface area is 253 Å². The number of carboxylic acid groups (broad SMARTS) is 1. The van der Waals surface area contributed by atoms with Crippen LogP contribution in [-0.4, -0.2) is 50.5 Å². The quantitative estimate of drug-likeness (QED) is 0.260. The summed E-state index contributed by atoms with van der Waals surface area (Å²) in [6.07, 6.45) is 2.95. The van der Waals surface area contributed by atoms with Crippen LogP contribution in [0.1, 0.15) is 75.7 Å². The van der Waals surface area contributed by atoms with E-state index in [4.69, 9.17) is 10.3 Å². The number of nitrogens with two attached hydrogens (primary N) is 1. The van der Waals surface area contributed by atoms with Crippen LogP contribution >= 0.6 is 0 Å². The first-order valence-corrected chi connectivity index (χ1v) is 14.8. The minimum Gasteiger partial charge on any atom is -0.481 e. The Kier molecular flexibility index (Phi) is 7.75. The summed E-state index contributed by atoms with van der Waals surface area (Å²) < 4.78 is 19.2. The molecule has 6 rings (SSSR count). The zero-order valence-corrected chi connectivity index (χ0v) is 24.3. The molecule has 3 unspecified atom stereocenters. The average Bonchev–Trinajstić information content (AvgIpc) is 3.76. The zero-order valence-electron chi connectivity index (χ0n) is 24.3. The minimum atomic E-state index is -1.36. The van der Waals surface area contributed by atoms with E-state index in [-0.39, 0.29) is 31.2 Å². The number of carbonyl (C=O) groups excluding carboxylic acids is 2. The second-order valence-electron chi connectivity index (χ2n) is 11.9. The van der Waals surface area contributed by atoms with Crippen molar-refractivity contribution in [3.8, 4) is 11.5 Å². The molecule has 226 valence electrons. The average molecular weight is 597 g/mol. The number of carboxylic acids is 1. The van der Waals surface area contributed by atoms with Crippen LogP contribution in [0.25, 0.3) is 11.5 Å². The van der Waals surface area contributed by atoms with Gasteiger partial charge in [-0.25, -0.2) is 4.39 Å². The maximum Gasteiger partial charge on any atom is 0.314 e. The van der Waals surface area contributed by atoms with Crippen molar-refractivity contribution < 1.29 is 28.4 Å². The fourth-order valence-corrected chi connectivity index (χ4v) is 6.59. The Morgan fingerprint density at radius 1 is 1.07 bits per heavy atom. The summed E-state index contributed by atoms with van der Waals surface area (Å²) in [5.74, 6) is -1.44. The third-order valence-corrected chi connectivity index (χ3v) is 9.09. The van der Waals surface area contributed by atoms with Gasteiger partial charge in [0.1, 0.15) is 5.82 Å². The number of amides is 2. The number of benzene rings is 3. The number of aliphatic carboxylic acids is 1. The molecule has 3 atom stereocenters. The van der Waals surface area contributed by atoms with E-state index in [1.165, 1.54) is 24.3 Å². The van der Waals surface area contributed by atoms with Gasteiger partial charge in [-0.05, 0) is 85.7 Å². The Hall–Kier alpha value is -4.86. The van der Waals surface area contributed by atoms with Gasteiger partial charge in [0.2, 0.25) is 5.91 Å². The summed E-state index contributed by atoms with van der Waals surface area (Å²) in [4.78, 5) is 46.0. The summed E-state index contributed by atoms with van der Waals surface area (Å²) >= 11 is 0. The number of hydrogen-bond donors (Lipinski definition) is 2. The minimum absolute atomic E-state index is 0.0868. The van der Waals surface area contributed by atoms with Gasteiger partial charge in [-0.15, -0.1) is 0 Å². The molecule has 3 aromatic carbocycles. The highest BCUT2D eigenvalue weighted by atomic mass is 19.1. The van der Waals surface area contributed by atoms with Crippen LogP contribution in [0.2, 0.25) is 0 Å². The Morgan fingerprint density at radius 3 is 2.39 bits per heavy atom. The molecule has 2 heterocycles. The van der Waals surface area contributed by atoms with Gasteiger partial charge in [0.05, 0.1) is 5.41 Å². The van der Waals surface area contributed by atoms with E-state index >= 15 is 0 Å². The van der Waals surface area contributed by atoms with E-state index in [9.17, 15) is 23.9 Å². The van der Waals surface area contributed by atoms with Gasteiger partial charge in [-0.3, -0.25) is 14.4 Å². The molecule has 1 saturated heterocycles. The van der Waals surface area contributed by atoms with E-state index in [2.05, 4.69) is 10.1 Å². The molecule has 3 N–H and O–H groups in total. The van der Waals surface area contributed by atoms with Crippen molar-refractivity contribution in [1.82, 2.24) is 15.0 Å². The standard InChI is InChI=1S/C34H33FN4O5/c1-20-37-31(44-38-20)22-8-10-23(11-9-22)32(41)39-17-16-34(33(42)43,24-12-14-25(35)15-13-24)19-29(39)28(18-21-6-7-21)26-4-2-3-5-27(26)30(36)40/h2-5,8-15,21,28-29H,6-7,16-19H2,1H3,(H2,36,40)(H,42,43). The summed E-state index contributed by atoms with van der Waals surface area (Å²) in [6, 6.07) is 19.0. The fourth-order valence-electron chi connectivity index (χ4n) is 6.59. The third kappa shape index (κ3) is 5.59. The molecule has 0 radical (unpaired) electrons. The highest BCUT2D eigenvalue weighted by molar-refractivity contribution is 5.96. The number of aryl methyl sites for hydroxylation is 1. The number of hydrogen-bond acceptors (Lipinski definition) is 6. The molecule has 1 aliphatic carbocycles. The van der Waals surface area contributed by atoms with Crippen molar-refractivity contribution in [1.29, 1.82) is 0 Å². The maximum atomic E-state index is 14.3. The maximum absolute atomic E-state index is 14.3. The lowest BCUT2D eigenvalue weighted by Gasteiger charge is -2.48. The Bertz CT molecular complexity index is 1700. The molecule has 2 aliphatic rings. The number of nitrogens with zero attached hydrogens (tertiary/aromatic N) is 3. The first-order valence-electron chi connectivity index (χ1n) is 14.8. The number of halogens is 1. The highest BCUT2D eigenvalue weighted by Crippen LogP contribution is 2.48. The molecule has 1 aliphatic heterocycles. The molecule has 44 heavy (non-hydrogen) atoms. The summed E-state index contributed by atoms with van der Waals surface area (Å²) in [5.41, 5.74) is 7.09.